The summed E-state index contributed by atoms with van der Waals surface area (Å²) in [5.41, 5.74) is -0.894. The summed E-state index contributed by atoms with van der Waals surface area (Å²) in [7, 11) is 0. The number of rotatable bonds is 2. The lowest BCUT2D eigenvalue weighted by Gasteiger charge is -2.23. The predicted molar refractivity (Wildman–Crippen MR) is 36.0 cm³/mol. The Hall–Kier alpha value is -0.660. The summed E-state index contributed by atoms with van der Waals surface area (Å²) in [6.07, 6.45) is 8.04. The van der Waals surface area contributed by atoms with Crippen LogP contribution in [-0.2, 0) is 0 Å². The number of halogens is 2. The average molecular weight is 143 g/mol. The molecule has 0 saturated heterocycles. The van der Waals surface area contributed by atoms with Crippen molar-refractivity contribution in [2.24, 2.45) is 5.41 Å². The summed E-state index contributed by atoms with van der Waals surface area (Å²) in [5, 5.41) is 0. The first-order valence-electron chi connectivity index (χ1n) is 3.19. The first-order chi connectivity index (χ1) is 4.83. The first kappa shape index (κ1) is 7.45. The van der Waals surface area contributed by atoms with Crippen molar-refractivity contribution in [3.8, 4) is 0 Å². The van der Waals surface area contributed by atoms with E-state index in [9.17, 15) is 8.78 Å². The van der Waals surface area contributed by atoms with Gasteiger partial charge in [-0.15, -0.1) is 0 Å². The molecular weight excluding hydrogens is 134 g/mol. The number of hydrogen-bond acceptors (Lipinski definition) is 0. The highest BCUT2D eigenvalue weighted by molar-refractivity contribution is 5.13. The number of hydrogen-bond donors (Lipinski definition) is 0. The van der Waals surface area contributed by atoms with Crippen molar-refractivity contribution in [1.29, 1.82) is 0 Å². The smallest absolute Gasteiger partial charge is 0.101 e. The number of alkyl halides is 2. The van der Waals surface area contributed by atoms with Gasteiger partial charge in [-0.1, -0.05) is 18.2 Å². The van der Waals surface area contributed by atoms with Crippen molar-refractivity contribution in [2.45, 2.75) is 6.42 Å². The third kappa shape index (κ3) is 1.25. The SMILES string of the molecule is FCC1(CF)C=CC=[C]C1. The second-order valence-electron chi connectivity index (χ2n) is 2.54. The lowest BCUT2D eigenvalue weighted by molar-refractivity contribution is 0.207. The summed E-state index contributed by atoms with van der Waals surface area (Å²) in [6, 6.07) is 0. The molecule has 10 heavy (non-hydrogen) atoms. The fourth-order valence-electron chi connectivity index (χ4n) is 0.861. The fraction of sp³-hybridized carbons (Fsp3) is 0.500. The molecule has 0 spiro atoms. The van der Waals surface area contributed by atoms with E-state index in [4.69, 9.17) is 0 Å². The van der Waals surface area contributed by atoms with E-state index >= 15 is 0 Å². The predicted octanol–water partition coefficient (Wildman–Crippen LogP) is 2.23. The van der Waals surface area contributed by atoms with Crippen LogP contribution in [0.3, 0.4) is 0 Å². The molecule has 0 amide bonds. The summed E-state index contributed by atoms with van der Waals surface area (Å²) < 4.78 is 24.4. The monoisotopic (exact) mass is 143 g/mol. The molecule has 0 aromatic rings. The van der Waals surface area contributed by atoms with Gasteiger partial charge in [-0.2, -0.15) is 0 Å². The van der Waals surface area contributed by atoms with Crippen LogP contribution in [0.5, 0.6) is 0 Å². The molecule has 0 heterocycles. The molecule has 0 aliphatic heterocycles. The van der Waals surface area contributed by atoms with Crippen molar-refractivity contribution in [2.75, 3.05) is 13.3 Å². The fourth-order valence-corrected chi connectivity index (χ4v) is 0.861. The zero-order valence-corrected chi connectivity index (χ0v) is 5.61. The molecule has 0 bridgehead atoms. The lowest BCUT2D eigenvalue weighted by atomic mass is 9.84. The van der Waals surface area contributed by atoms with Crippen molar-refractivity contribution in [3.05, 3.63) is 24.3 Å². The lowest BCUT2D eigenvalue weighted by Crippen LogP contribution is -2.23. The highest BCUT2D eigenvalue weighted by Crippen LogP contribution is 2.28. The van der Waals surface area contributed by atoms with Gasteiger partial charge < -0.3 is 0 Å². The van der Waals surface area contributed by atoms with Crippen LogP contribution in [0.4, 0.5) is 8.78 Å². The molecule has 0 aromatic heterocycles. The van der Waals surface area contributed by atoms with Crippen molar-refractivity contribution < 1.29 is 8.78 Å². The van der Waals surface area contributed by atoms with Crippen molar-refractivity contribution >= 4 is 0 Å². The van der Waals surface area contributed by atoms with Gasteiger partial charge in [0.15, 0.2) is 0 Å². The molecule has 0 unspecified atom stereocenters. The molecule has 1 aliphatic carbocycles. The number of allylic oxidation sites excluding steroid dienone is 4. The van der Waals surface area contributed by atoms with Crippen molar-refractivity contribution in [3.63, 3.8) is 0 Å². The van der Waals surface area contributed by atoms with Crippen LogP contribution in [0.15, 0.2) is 18.2 Å². The standard InChI is InChI=1S/C8H9F2/c9-6-8(7-10)4-2-1-3-5-8/h1-2,4H,5-7H2. The Labute approximate surface area is 59.2 Å². The molecule has 55 valence electrons. The Morgan fingerprint density at radius 1 is 1.40 bits per heavy atom. The van der Waals surface area contributed by atoms with Crippen LogP contribution in [-0.4, -0.2) is 13.3 Å². The van der Waals surface area contributed by atoms with Gasteiger partial charge in [-0.3, -0.25) is 8.78 Å². The topological polar surface area (TPSA) is 0 Å². The van der Waals surface area contributed by atoms with E-state index < -0.39 is 18.8 Å². The first-order valence-corrected chi connectivity index (χ1v) is 3.19. The Bertz CT molecular complexity index is 155. The normalized spacial score (nSPS) is 21.4. The van der Waals surface area contributed by atoms with Gasteiger partial charge in [0, 0.05) is 5.41 Å². The van der Waals surface area contributed by atoms with Gasteiger partial charge in [0.1, 0.15) is 13.3 Å². The Balaban J connectivity index is 2.66. The molecule has 0 atom stereocenters. The summed E-state index contributed by atoms with van der Waals surface area (Å²) in [5.74, 6) is 0. The van der Waals surface area contributed by atoms with E-state index in [1.54, 1.807) is 18.2 Å². The van der Waals surface area contributed by atoms with Gasteiger partial charge in [0.2, 0.25) is 0 Å². The minimum Gasteiger partial charge on any atom is -0.250 e. The average Bonchev–Trinajstić information content (AvgIpc) is 2.06. The van der Waals surface area contributed by atoms with Crippen LogP contribution >= 0.6 is 0 Å². The zero-order valence-electron chi connectivity index (χ0n) is 5.61. The quantitative estimate of drug-likeness (QED) is 0.556. The molecule has 0 saturated carbocycles. The Kier molecular flexibility index (Phi) is 2.20. The summed E-state index contributed by atoms with van der Waals surface area (Å²) in [6.45, 7) is -1.28. The van der Waals surface area contributed by atoms with Gasteiger partial charge in [0.25, 0.3) is 0 Å². The maximum atomic E-state index is 12.2. The third-order valence-corrected chi connectivity index (χ3v) is 1.65. The van der Waals surface area contributed by atoms with Crippen LogP contribution in [0.2, 0.25) is 0 Å². The minimum absolute atomic E-state index is 0.358. The maximum Gasteiger partial charge on any atom is 0.101 e. The van der Waals surface area contributed by atoms with E-state index in [0.29, 0.717) is 6.42 Å². The zero-order chi connectivity index (χ0) is 7.45. The Morgan fingerprint density at radius 2 is 2.10 bits per heavy atom. The molecule has 0 aromatic carbocycles. The highest BCUT2D eigenvalue weighted by atomic mass is 19.1. The van der Waals surface area contributed by atoms with Crippen LogP contribution in [0, 0.1) is 11.5 Å². The molecule has 0 fully saturated rings. The van der Waals surface area contributed by atoms with Crippen LogP contribution < -0.4 is 0 Å². The van der Waals surface area contributed by atoms with Gasteiger partial charge in [0.05, 0.1) is 0 Å². The second kappa shape index (κ2) is 2.95. The summed E-state index contributed by atoms with van der Waals surface area (Å²) in [4.78, 5) is 0. The van der Waals surface area contributed by atoms with Crippen LogP contribution in [0.1, 0.15) is 6.42 Å². The van der Waals surface area contributed by atoms with Crippen LogP contribution in [0.25, 0.3) is 0 Å². The molecular formula is C8H9F2. The highest BCUT2D eigenvalue weighted by Gasteiger charge is 2.27. The largest absolute Gasteiger partial charge is 0.250 e. The molecule has 2 heteroatoms. The third-order valence-electron chi connectivity index (χ3n) is 1.65. The van der Waals surface area contributed by atoms with Gasteiger partial charge >= 0.3 is 0 Å². The Morgan fingerprint density at radius 3 is 2.40 bits per heavy atom. The van der Waals surface area contributed by atoms with Gasteiger partial charge in [-0.05, 0) is 12.5 Å². The molecule has 0 N–H and O–H groups in total. The molecule has 1 rings (SSSR count). The molecule has 0 nitrogen and oxygen atoms in total. The maximum absolute atomic E-state index is 12.2. The van der Waals surface area contributed by atoms with E-state index in [2.05, 4.69) is 6.08 Å². The van der Waals surface area contributed by atoms with Gasteiger partial charge in [-0.25, -0.2) is 0 Å². The molecule has 1 radical (unpaired) electrons. The van der Waals surface area contributed by atoms with E-state index in [0.717, 1.165) is 0 Å². The second-order valence-corrected chi connectivity index (χ2v) is 2.54. The van der Waals surface area contributed by atoms with E-state index in [-0.39, 0.29) is 0 Å². The van der Waals surface area contributed by atoms with Crippen molar-refractivity contribution in [1.82, 2.24) is 0 Å². The minimum atomic E-state index is -0.894. The summed E-state index contributed by atoms with van der Waals surface area (Å²) >= 11 is 0. The molecule has 1 aliphatic rings. The van der Waals surface area contributed by atoms with E-state index in [1.165, 1.54) is 0 Å². The van der Waals surface area contributed by atoms with E-state index in [1.807, 2.05) is 0 Å².